The minimum absolute atomic E-state index is 0.0765. The third kappa shape index (κ3) is 4.06. The molecule has 4 aromatic rings. The number of hydrogen-bond donors (Lipinski definition) is 1. The van der Waals surface area contributed by atoms with Crippen molar-refractivity contribution in [2.24, 2.45) is 0 Å². The molecule has 0 saturated heterocycles. The van der Waals surface area contributed by atoms with Crippen LogP contribution in [0.15, 0.2) is 76.5 Å². The van der Waals surface area contributed by atoms with Crippen LogP contribution >= 0.6 is 22.9 Å². The van der Waals surface area contributed by atoms with E-state index in [-0.39, 0.29) is 14.8 Å². The maximum Gasteiger partial charge on any atom is 0.263 e. The van der Waals surface area contributed by atoms with E-state index in [9.17, 15) is 16.8 Å². The Labute approximate surface area is 183 Å². The van der Waals surface area contributed by atoms with E-state index < -0.39 is 19.9 Å². The summed E-state index contributed by atoms with van der Waals surface area (Å²) < 4.78 is 53.3. The predicted octanol–water partition coefficient (Wildman–Crippen LogP) is 4.82. The van der Waals surface area contributed by atoms with E-state index in [0.717, 1.165) is 22.5 Å². The van der Waals surface area contributed by atoms with E-state index in [1.165, 1.54) is 23.5 Å². The second-order valence-electron chi connectivity index (χ2n) is 6.50. The highest BCUT2D eigenvalue weighted by Crippen LogP contribution is 2.36. The number of benzene rings is 3. The van der Waals surface area contributed by atoms with Crippen LogP contribution in [0.5, 0.6) is 0 Å². The summed E-state index contributed by atoms with van der Waals surface area (Å²) in [5.41, 5.74) is 1.74. The van der Waals surface area contributed by atoms with Crippen molar-refractivity contribution in [3.05, 3.63) is 71.8 Å². The van der Waals surface area contributed by atoms with Crippen LogP contribution in [0.2, 0.25) is 5.02 Å². The van der Waals surface area contributed by atoms with Crippen LogP contribution in [-0.4, -0.2) is 28.1 Å². The first-order chi connectivity index (χ1) is 14.1. The number of aromatic nitrogens is 1. The summed E-state index contributed by atoms with van der Waals surface area (Å²) in [7, 11) is -7.76. The minimum Gasteiger partial charge on any atom is -0.279 e. The number of nitrogens with one attached hydrogen (secondary N) is 1. The summed E-state index contributed by atoms with van der Waals surface area (Å²) in [6.07, 6.45) is 1.00. The SMILES string of the molecule is CS(=O)(=O)c1ccc(Cl)c(S(=O)(=O)Nc2ccccc2-c2nc3ccccc3s2)c1. The molecule has 0 aliphatic rings. The van der Waals surface area contributed by atoms with Crippen LogP contribution < -0.4 is 4.72 Å². The number of para-hydroxylation sites is 2. The molecule has 0 amide bonds. The van der Waals surface area contributed by atoms with Gasteiger partial charge in [-0.05, 0) is 42.5 Å². The van der Waals surface area contributed by atoms with Gasteiger partial charge in [-0.2, -0.15) is 0 Å². The number of hydrogen-bond acceptors (Lipinski definition) is 6. The van der Waals surface area contributed by atoms with Crippen molar-refractivity contribution in [3.63, 3.8) is 0 Å². The number of anilines is 1. The van der Waals surface area contributed by atoms with Gasteiger partial charge in [-0.15, -0.1) is 11.3 Å². The second kappa shape index (κ2) is 7.66. The quantitative estimate of drug-likeness (QED) is 0.443. The van der Waals surface area contributed by atoms with Crippen LogP contribution in [-0.2, 0) is 19.9 Å². The maximum atomic E-state index is 13.0. The van der Waals surface area contributed by atoms with Crippen LogP contribution in [0, 0.1) is 0 Å². The highest BCUT2D eigenvalue weighted by molar-refractivity contribution is 7.93. The smallest absolute Gasteiger partial charge is 0.263 e. The lowest BCUT2D eigenvalue weighted by molar-refractivity contribution is 0.600. The van der Waals surface area contributed by atoms with Crippen molar-refractivity contribution in [1.82, 2.24) is 4.98 Å². The van der Waals surface area contributed by atoms with Crippen LogP contribution in [0.3, 0.4) is 0 Å². The Morgan fingerprint density at radius 2 is 1.63 bits per heavy atom. The molecule has 0 aliphatic heterocycles. The van der Waals surface area contributed by atoms with Gasteiger partial charge in [0, 0.05) is 11.8 Å². The minimum atomic E-state index is -4.16. The van der Waals surface area contributed by atoms with Gasteiger partial charge in [0.05, 0.1) is 25.8 Å². The summed E-state index contributed by atoms with van der Waals surface area (Å²) in [6, 6.07) is 18.1. The molecule has 0 bridgehead atoms. The zero-order valence-corrected chi connectivity index (χ0v) is 18.7. The number of thiazole rings is 1. The highest BCUT2D eigenvalue weighted by atomic mass is 35.5. The topological polar surface area (TPSA) is 93.2 Å². The molecule has 0 fully saturated rings. The fourth-order valence-corrected chi connectivity index (χ4v) is 6.20. The molecule has 0 saturated carbocycles. The molecule has 10 heteroatoms. The zero-order chi connectivity index (χ0) is 21.5. The maximum absolute atomic E-state index is 13.0. The fourth-order valence-electron chi connectivity index (χ4n) is 2.87. The lowest BCUT2D eigenvalue weighted by Gasteiger charge is -2.13. The van der Waals surface area contributed by atoms with Crippen LogP contribution in [0.1, 0.15) is 0 Å². The van der Waals surface area contributed by atoms with Crippen LogP contribution in [0.25, 0.3) is 20.8 Å². The van der Waals surface area contributed by atoms with Crippen molar-refractivity contribution in [2.75, 3.05) is 11.0 Å². The van der Waals surface area contributed by atoms with E-state index in [1.807, 2.05) is 24.3 Å². The Hall–Kier alpha value is -2.46. The van der Waals surface area contributed by atoms with Gasteiger partial charge in [0.25, 0.3) is 10.0 Å². The molecule has 1 heterocycles. The molecular weight excluding hydrogens is 464 g/mol. The third-order valence-electron chi connectivity index (χ3n) is 4.32. The largest absolute Gasteiger partial charge is 0.279 e. The van der Waals surface area contributed by atoms with E-state index in [4.69, 9.17) is 11.6 Å². The Morgan fingerprint density at radius 3 is 2.37 bits per heavy atom. The van der Waals surface area contributed by atoms with Gasteiger partial charge in [0.1, 0.15) is 9.90 Å². The molecule has 1 aromatic heterocycles. The summed E-state index contributed by atoms with van der Waals surface area (Å²) in [6.45, 7) is 0. The molecule has 30 heavy (non-hydrogen) atoms. The monoisotopic (exact) mass is 478 g/mol. The molecule has 4 rings (SSSR count). The van der Waals surface area contributed by atoms with Crippen molar-refractivity contribution in [3.8, 4) is 10.6 Å². The van der Waals surface area contributed by atoms with E-state index in [0.29, 0.717) is 16.3 Å². The molecular formula is C20H15ClN2O4S3. The lowest BCUT2D eigenvalue weighted by atomic mass is 10.2. The van der Waals surface area contributed by atoms with Gasteiger partial charge >= 0.3 is 0 Å². The first kappa shape index (κ1) is 20.8. The molecule has 0 radical (unpaired) electrons. The van der Waals surface area contributed by atoms with E-state index >= 15 is 0 Å². The first-order valence-electron chi connectivity index (χ1n) is 8.62. The number of rotatable bonds is 5. The Balaban J connectivity index is 1.79. The Bertz CT molecular complexity index is 1450. The standard InChI is InChI=1S/C20H15ClN2O4S3/c1-29(24,25)13-10-11-15(21)19(12-13)30(26,27)23-16-7-3-2-6-14(16)20-22-17-8-4-5-9-18(17)28-20/h2-12,23H,1H3. The third-order valence-corrected chi connectivity index (χ3v) is 8.34. The molecule has 0 aliphatic carbocycles. The fraction of sp³-hybridized carbons (Fsp3) is 0.0500. The molecule has 0 spiro atoms. The van der Waals surface area contributed by atoms with Crippen LogP contribution in [0.4, 0.5) is 5.69 Å². The predicted molar refractivity (Wildman–Crippen MR) is 120 cm³/mol. The summed E-state index contributed by atoms with van der Waals surface area (Å²) in [5, 5.41) is 0.581. The molecule has 1 N–H and O–H groups in total. The second-order valence-corrected chi connectivity index (χ2v) is 11.6. The number of halogens is 1. The number of nitrogens with zero attached hydrogens (tertiary/aromatic N) is 1. The molecule has 154 valence electrons. The number of sulfone groups is 1. The van der Waals surface area contributed by atoms with Crippen molar-refractivity contribution >= 4 is 58.7 Å². The van der Waals surface area contributed by atoms with Gasteiger partial charge in [0.2, 0.25) is 0 Å². The van der Waals surface area contributed by atoms with Gasteiger partial charge < -0.3 is 0 Å². The lowest BCUT2D eigenvalue weighted by Crippen LogP contribution is -2.15. The van der Waals surface area contributed by atoms with Crippen molar-refractivity contribution in [2.45, 2.75) is 9.79 Å². The Kier molecular flexibility index (Phi) is 5.31. The normalized spacial score (nSPS) is 12.2. The summed E-state index contributed by atoms with van der Waals surface area (Å²) in [4.78, 5) is 4.14. The van der Waals surface area contributed by atoms with E-state index in [1.54, 1.807) is 24.3 Å². The molecule has 0 unspecified atom stereocenters. The first-order valence-corrected chi connectivity index (χ1v) is 13.2. The van der Waals surface area contributed by atoms with Gasteiger partial charge in [-0.3, -0.25) is 4.72 Å². The number of fused-ring (bicyclic) bond motifs is 1. The van der Waals surface area contributed by atoms with Gasteiger partial charge in [0.15, 0.2) is 9.84 Å². The average molecular weight is 479 g/mol. The molecule has 3 aromatic carbocycles. The zero-order valence-electron chi connectivity index (χ0n) is 15.5. The van der Waals surface area contributed by atoms with Gasteiger partial charge in [-0.25, -0.2) is 21.8 Å². The van der Waals surface area contributed by atoms with Gasteiger partial charge in [-0.1, -0.05) is 35.9 Å². The molecule has 0 atom stereocenters. The van der Waals surface area contributed by atoms with Crippen molar-refractivity contribution < 1.29 is 16.8 Å². The van der Waals surface area contributed by atoms with Crippen molar-refractivity contribution in [1.29, 1.82) is 0 Å². The molecule has 6 nitrogen and oxygen atoms in total. The summed E-state index contributed by atoms with van der Waals surface area (Å²) in [5.74, 6) is 0. The Morgan fingerprint density at radius 1 is 0.933 bits per heavy atom. The average Bonchev–Trinajstić information content (AvgIpc) is 3.11. The number of sulfonamides is 1. The summed E-state index contributed by atoms with van der Waals surface area (Å²) >= 11 is 7.53. The van der Waals surface area contributed by atoms with E-state index in [2.05, 4.69) is 9.71 Å². The highest BCUT2D eigenvalue weighted by Gasteiger charge is 2.23.